The molecule has 0 atom stereocenters. The summed E-state index contributed by atoms with van der Waals surface area (Å²) in [4.78, 5) is 23.5. The van der Waals surface area contributed by atoms with Crippen LogP contribution in [0.2, 0.25) is 0 Å². The van der Waals surface area contributed by atoms with Crippen LogP contribution in [0.1, 0.15) is 27.6 Å². The Bertz CT molecular complexity index is 849. The van der Waals surface area contributed by atoms with E-state index in [1.807, 2.05) is 0 Å². The lowest BCUT2D eigenvalue weighted by Crippen LogP contribution is -2.34. The summed E-state index contributed by atoms with van der Waals surface area (Å²) in [5, 5.41) is 2.63. The SMILES string of the molecule is CCOC(=O)c1ccc(S(=O)(=O)NCCNC(=O)c2ccccc2)cc1. The molecule has 0 radical (unpaired) electrons. The van der Waals surface area contributed by atoms with Gasteiger partial charge in [-0.1, -0.05) is 18.2 Å². The Morgan fingerprint density at radius 1 is 0.923 bits per heavy atom. The van der Waals surface area contributed by atoms with E-state index in [-0.39, 0.29) is 36.1 Å². The lowest BCUT2D eigenvalue weighted by atomic mass is 10.2. The average molecular weight is 376 g/mol. The number of esters is 1. The average Bonchev–Trinajstić information content (AvgIpc) is 2.66. The maximum absolute atomic E-state index is 12.2. The molecule has 0 aliphatic heterocycles. The molecule has 0 spiro atoms. The first-order valence-electron chi connectivity index (χ1n) is 8.04. The Labute approximate surface area is 152 Å². The van der Waals surface area contributed by atoms with E-state index >= 15 is 0 Å². The first kappa shape index (κ1) is 19.6. The highest BCUT2D eigenvalue weighted by atomic mass is 32.2. The number of benzene rings is 2. The van der Waals surface area contributed by atoms with Crippen LogP contribution in [0.4, 0.5) is 0 Å². The minimum atomic E-state index is -3.73. The fourth-order valence-corrected chi connectivity index (χ4v) is 3.15. The molecule has 0 saturated heterocycles. The van der Waals surface area contributed by atoms with Gasteiger partial charge in [0.1, 0.15) is 0 Å². The molecule has 26 heavy (non-hydrogen) atoms. The third-order valence-corrected chi connectivity index (χ3v) is 4.89. The molecule has 138 valence electrons. The summed E-state index contributed by atoms with van der Waals surface area (Å²) < 4.78 is 31.7. The predicted octanol–water partition coefficient (Wildman–Crippen LogP) is 1.57. The number of hydrogen-bond donors (Lipinski definition) is 2. The molecule has 1 amide bonds. The van der Waals surface area contributed by atoms with E-state index in [4.69, 9.17) is 4.74 Å². The summed E-state index contributed by atoms with van der Waals surface area (Å²) in [7, 11) is -3.73. The Hall–Kier alpha value is -2.71. The highest BCUT2D eigenvalue weighted by Gasteiger charge is 2.15. The van der Waals surface area contributed by atoms with Gasteiger partial charge in [0.25, 0.3) is 5.91 Å². The van der Waals surface area contributed by atoms with E-state index in [1.54, 1.807) is 37.3 Å². The van der Waals surface area contributed by atoms with Crippen LogP contribution in [-0.4, -0.2) is 40.0 Å². The summed E-state index contributed by atoms with van der Waals surface area (Å²) in [6.45, 7) is 2.13. The molecule has 2 N–H and O–H groups in total. The molecular weight excluding hydrogens is 356 g/mol. The molecule has 0 saturated carbocycles. The number of ether oxygens (including phenoxy) is 1. The van der Waals surface area contributed by atoms with Gasteiger partial charge in [0, 0.05) is 18.7 Å². The van der Waals surface area contributed by atoms with E-state index in [1.165, 1.54) is 24.3 Å². The summed E-state index contributed by atoms with van der Waals surface area (Å²) in [6.07, 6.45) is 0. The standard InChI is InChI=1S/C18H20N2O5S/c1-2-25-18(22)15-8-10-16(11-9-15)26(23,24)20-13-12-19-17(21)14-6-4-3-5-7-14/h3-11,20H,2,12-13H2,1H3,(H,19,21). The lowest BCUT2D eigenvalue weighted by Gasteiger charge is -2.09. The monoisotopic (exact) mass is 376 g/mol. The van der Waals surface area contributed by atoms with E-state index in [9.17, 15) is 18.0 Å². The Balaban J connectivity index is 1.86. The van der Waals surface area contributed by atoms with Crippen LogP contribution < -0.4 is 10.0 Å². The molecule has 0 aliphatic carbocycles. The smallest absolute Gasteiger partial charge is 0.338 e. The number of hydrogen-bond acceptors (Lipinski definition) is 5. The summed E-state index contributed by atoms with van der Waals surface area (Å²) in [6, 6.07) is 14.1. The molecule has 2 aromatic carbocycles. The van der Waals surface area contributed by atoms with Crippen molar-refractivity contribution >= 4 is 21.9 Å². The fourth-order valence-electron chi connectivity index (χ4n) is 2.12. The van der Waals surface area contributed by atoms with Crippen molar-refractivity contribution in [1.29, 1.82) is 0 Å². The van der Waals surface area contributed by atoms with Crippen molar-refractivity contribution in [3.8, 4) is 0 Å². The highest BCUT2D eigenvalue weighted by Crippen LogP contribution is 2.11. The molecular formula is C18H20N2O5S. The zero-order valence-corrected chi connectivity index (χ0v) is 15.1. The molecule has 2 rings (SSSR count). The minimum Gasteiger partial charge on any atom is -0.462 e. The van der Waals surface area contributed by atoms with Crippen LogP contribution in [0.15, 0.2) is 59.5 Å². The van der Waals surface area contributed by atoms with Gasteiger partial charge in [0.05, 0.1) is 17.1 Å². The third-order valence-electron chi connectivity index (χ3n) is 3.41. The number of amides is 1. The second kappa shape index (κ2) is 9.12. The second-order valence-electron chi connectivity index (χ2n) is 5.26. The fraction of sp³-hybridized carbons (Fsp3) is 0.222. The molecule has 0 unspecified atom stereocenters. The highest BCUT2D eigenvalue weighted by molar-refractivity contribution is 7.89. The van der Waals surface area contributed by atoms with Crippen LogP contribution in [0.5, 0.6) is 0 Å². The van der Waals surface area contributed by atoms with Gasteiger partial charge in [0.2, 0.25) is 10.0 Å². The molecule has 0 bridgehead atoms. The zero-order valence-electron chi connectivity index (χ0n) is 14.3. The van der Waals surface area contributed by atoms with Crippen molar-refractivity contribution in [2.45, 2.75) is 11.8 Å². The summed E-state index contributed by atoms with van der Waals surface area (Å²) in [5.41, 5.74) is 0.783. The molecule has 8 heteroatoms. The van der Waals surface area contributed by atoms with Gasteiger partial charge in [-0.2, -0.15) is 0 Å². The molecule has 7 nitrogen and oxygen atoms in total. The van der Waals surface area contributed by atoms with Crippen molar-refractivity contribution in [3.05, 3.63) is 65.7 Å². The Morgan fingerprint density at radius 2 is 1.58 bits per heavy atom. The van der Waals surface area contributed by atoms with Crippen LogP contribution >= 0.6 is 0 Å². The number of rotatable bonds is 8. The predicted molar refractivity (Wildman–Crippen MR) is 96.4 cm³/mol. The summed E-state index contributed by atoms with van der Waals surface area (Å²) >= 11 is 0. The van der Waals surface area contributed by atoms with E-state index < -0.39 is 16.0 Å². The molecule has 0 aliphatic rings. The number of carbonyl (C=O) groups excluding carboxylic acids is 2. The van der Waals surface area contributed by atoms with Crippen LogP contribution in [0.25, 0.3) is 0 Å². The van der Waals surface area contributed by atoms with Crippen molar-refractivity contribution in [2.75, 3.05) is 19.7 Å². The van der Waals surface area contributed by atoms with Crippen molar-refractivity contribution in [1.82, 2.24) is 10.0 Å². The van der Waals surface area contributed by atoms with Crippen LogP contribution in [0.3, 0.4) is 0 Å². The van der Waals surface area contributed by atoms with Crippen molar-refractivity contribution < 1.29 is 22.7 Å². The van der Waals surface area contributed by atoms with Gasteiger partial charge >= 0.3 is 5.97 Å². The molecule has 0 aromatic heterocycles. The van der Waals surface area contributed by atoms with Gasteiger partial charge in [-0.3, -0.25) is 4.79 Å². The van der Waals surface area contributed by atoms with E-state index in [0.29, 0.717) is 5.56 Å². The zero-order chi connectivity index (χ0) is 19.0. The third kappa shape index (κ3) is 5.40. The first-order valence-corrected chi connectivity index (χ1v) is 9.52. The van der Waals surface area contributed by atoms with Crippen molar-refractivity contribution in [3.63, 3.8) is 0 Å². The van der Waals surface area contributed by atoms with Crippen LogP contribution in [-0.2, 0) is 14.8 Å². The number of carbonyl (C=O) groups is 2. The topological polar surface area (TPSA) is 102 Å². The second-order valence-corrected chi connectivity index (χ2v) is 7.03. The normalized spacial score (nSPS) is 11.0. The van der Waals surface area contributed by atoms with Crippen LogP contribution in [0, 0.1) is 0 Å². The Morgan fingerprint density at radius 3 is 2.19 bits per heavy atom. The lowest BCUT2D eigenvalue weighted by molar-refractivity contribution is 0.0526. The molecule has 2 aromatic rings. The molecule has 0 fully saturated rings. The summed E-state index contributed by atoms with van der Waals surface area (Å²) in [5.74, 6) is -0.781. The van der Waals surface area contributed by atoms with Gasteiger partial charge in [-0.05, 0) is 43.3 Å². The van der Waals surface area contributed by atoms with Gasteiger partial charge < -0.3 is 10.1 Å². The maximum atomic E-state index is 12.2. The van der Waals surface area contributed by atoms with Gasteiger partial charge in [0.15, 0.2) is 0 Å². The minimum absolute atomic E-state index is 0.0277. The van der Waals surface area contributed by atoms with Gasteiger partial charge in [-0.15, -0.1) is 0 Å². The maximum Gasteiger partial charge on any atom is 0.338 e. The first-order chi connectivity index (χ1) is 12.4. The number of nitrogens with one attached hydrogen (secondary N) is 2. The molecule has 0 heterocycles. The van der Waals surface area contributed by atoms with Crippen molar-refractivity contribution in [2.24, 2.45) is 0 Å². The number of sulfonamides is 1. The van der Waals surface area contributed by atoms with E-state index in [2.05, 4.69) is 10.0 Å². The van der Waals surface area contributed by atoms with E-state index in [0.717, 1.165) is 0 Å². The Kier molecular flexibility index (Phi) is 6.88. The quantitative estimate of drug-likeness (QED) is 0.538. The largest absolute Gasteiger partial charge is 0.462 e. The van der Waals surface area contributed by atoms with Gasteiger partial charge in [-0.25, -0.2) is 17.9 Å².